The van der Waals surface area contributed by atoms with Crippen LogP contribution in [-0.2, 0) is 52.4 Å². The second-order valence-electron chi connectivity index (χ2n) is 18.3. The fraction of sp³-hybridized carbons (Fsp3) is 0.481. The van der Waals surface area contributed by atoms with Crippen molar-refractivity contribution >= 4 is 48.2 Å². The van der Waals surface area contributed by atoms with Crippen molar-refractivity contribution in [2.24, 2.45) is 10.5 Å². The van der Waals surface area contributed by atoms with Crippen molar-refractivity contribution in [2.75, 3.05) is 7.11 Å². The number of carbonyl (C=O) groups is 2. The number of primary amides is 1. The number of benzene rings is 4. The van der Waals surface area contributed by atoms with Crippen molar-refractivity contribution in [1.29, 1.82) is 0 Å². The summed E-state index contributed by atoms with van der Waals surface area (Å²) in [5.41, 5.74) is 9.06. The zero-order chi connectivity index (χ0) is 53.0. The number of ether oxygens (including phenoxy) is 3. The zero-order valence-electron chi connectivity index (χ0n) is 42.5. The zero-order valence-corrected chi connectivity index (χ0v) is 43.6. The Morgan fingerprint density at radius 2 is 0.931 bits per heavy atom. The summed E-state index contributed by atoms with van der Waals surface area (Å²) in [5, 5.41) is 6.43. The van der Waals surface area contributed by atoms with Crippen molar-refractivity contribution in [3.63, 3.8) is 0 Å². The summed E-state index contributed by atoms with van der Waals surface area (Å²) in [7, 11) is 1.27. The van der Waals surface area contributed by atoms with Gasteiger partial charge in [0.15, 0.2) is 22.6 Å². The second-order valence-corrected chi connectivity index (χ2v) is 20.8. The topological polar surface area (TPSA) is 166 Å². The van der Waals surface area contributed by atoms with Gasteiger partial charge < -0.3 is 33.7 Å². The standard InChI is InChI=1S/C26H30F3NO4.C25H29F3N2O3.CH4.2CH3.Al.H2N/c1-6-8-18-14-20-23(34-30-24(20)26(27,28)29)19(9-7-2)21(18)33-22(25(31)32-5)17-12-10-16(11-13-17)15(3)4;1-5-7-17-13-19-22(33-30-23(19)25(26,27)28)18(8-6-2)20(17)32-21(24(29)31)16-11-9-15(10-12-16)14(3)4;;;;;/h10-15,22H,6-9H2,1-5H3;9-14,21H,5-8H2,1-4H3,(H2,29,31);1H4;2*1H3;;1H2/q;;;;;+1;-1. The molecule has 2 unspecified atom stereocenters. The van der Waals surface area contributed by atoms with Crippen LogP contribution in [0.2, 0.25) is 11.6 Å². The Morgan fingerprint density at radius 1 is 0.611 bits per heavy atom. The van der Waals surface area contributed by atoms with Gasteiger partial charge in [-0.1, -0.05) is 159 Å². The number of carbonyl (C=O) groups excluding carboxylic acids is 2. The second kappa shape index (κ2) is 26.9. The van der Waals surface area contributed by atoms with Gasteiger partial charge in [-0.25, -0.2) is 4.79 Å². The summed E-state index contributed by atoms with van der Waals surface area (Å²) in [6.45, 7) is 15.9. The van der Waals surface area contributed by atoms with Crippen molar-refractivity contribution in [1.82, 2.24) is 10.3 Å². The average Bonchev–Trinajstić information content (AvgIpc) is 3.94. The van der Waals surface area contributed by atoms with Crippen molar-refractivity contribution in [3.8, 4) is 11.5 Å². The molecule has 0 aliphatic carbocycles. The normalized spacial score (nSPS) is 12.4. The van der Waals surface area contributed by atoms with Crippen LogP contribution in [0.15, 0.2) is 69.7 Å². The highest BCUT2D eigenvalue weighted by Crippen LogP contribution is 2.44. The molecule has 2 heterocycles. The molecule has 0 saturated heterocycles. The fourth-order valence-electron chi connectivity index (χ4n) is 7.93. The first-order valence-corrected chi connectivity index (χ1v) is 27.1. The minimum absolute atomic E-state index is 0. The van der Waals surface area contributed by atoms with Gasteiger partial charge in [-0.15, -0.1) is 0 Å². The maximum Gasteiger partial charge on any atom is 0.437 e. The number of halogens is 6. The highest BCUT2D eigenvalue weighted by Gasteiger charge is 2.40. The number of esters is 1. The lowest BCUT2D eigenvalue weighted by molar-refractivity contribution is -0.149. The molecule has 0 fully saturated rings. The van der Waals surface area contributed by atoms with Gasteiger partial charge in [0.2, 0.25) is 12.2 Å². The van der Waals surface area contributed by atoms with E-state index in [0.29, 0.717) is 108 Å². The first-order chi connectivity index (χ1) is 33.4. The van der Waals surface area contributed by atoms with Gasteiger partial charge in [0.1, 0.15) is 11.5 Å². The van der Waals surface area contributed by atoms with Gasteiger partial charge in [0, 0.05) is 22.3 Å². The third kappa shape index (κ3) is 15.2. The van der Waals surface area contributed by atoms with Crippen molar-refractivity contribution < 1.29 is 59.2 Å². The molecule has 2 atom stereocenters. The average molecular weight is 1030 g/mol. The molecule has 11 nitrogen and oxygen atoms in total. The van der Waals surface area contributed by atoms with Crippen LogP contribution in [0.5, 0.6) is 11.5 Å². The maximum atomic E-state index is 13.5. The molecule has 18 heteroatoms. The molecule has 0 spiro atoms. The number of nitrogens with two attached hydrogens (primary N) is 2. The molecule has 0 aliphatic heterocycles. The van der Waals surface area contributed by atoms with Gasteiger partial charge in [-0.05, 0) is 71.9 Å². The Morgan fingerprint density at radius 3 is 1.22 bits per heavy atom. The van der Waals surface area contributed by atoms with Gasteiger partial charge in [0.05, 0.1) is 17.9 Å². The molecular weight excluding hydrogens is 958 g/mol. The largest absolute Gasteiger partial charge is 0.475 e. The SMILES string of the molecule is C.CCCc1cc2c(C(F)(F)F)noc2c(CCC)c1OC(C(=O)OC)c1ccc(C(C)C)cc1.CCCc1cc2c(C(F)(F)F)noc2c(CCC)c1OC(C(N)=O)c1ccc(C(C)C)cc1.[CH3][Al]([CH3])[NH2]. The molecule has 1 amide bonds. The fourth-order valence-corrected chi connectivity index (χ4v) is 7.93. The number of amides is 1. The van der Waals surface area contributed by atoms with E-state index in [1.54, 1.807) is 12.1 Å². The molecule has 0 saturated carbocycles. The minimum atomic E-state index is -4.65. The molecule has 72 heavy (non-hydrogen) atoms. The number of methoxy groups -OCH3 is 1. The molecule has 2 aromatic heterocycles. The number of alkyl halides is 6. The third-order valence-electron chi connectivity index (χ3n) is 11.3. The monoisotopic (exact) mass is 1030 g/mol. The molecule has 394 valence electrons. The van der Waals surface area contributed by atoms with Crippen LogP contribution in [0.1, 0.15) is 168 Å². The summed E-state index contributed by atoms with van der Waals surface area (Å²) in [5.74, 6) is 4.20. The summed E-state index contributed by atoms with van der Waals surface area (Å²) in [6, 6.07) is 17.7. The predicted molar refractivity (Wildman–Crippen MR) is 271 cm³/mol. The van der Waals surface area contributed by atoms with E-state index < -0.39 is 62.2 Å². The van der Waals surface area contributed by atoms with E-state index in [1.807, 2.05) is 64.1 Å². The van der Waals surface area contributed by atoms with Gasteiger partial charge in [-0.2, -0.15) is 26.3 Å². The molecule has 0 radical (unpaired) electrons. The van der Waals surface area contributed by atoms with Gasteiger partial charge in [-0.3, -0.25) is 4.79 Å². The van der Waals surface area contributed by atoms with E-state index in [4.69, 9.17) is 33.7 Å². The maximum absolute atomic E-state index is 13.5. The molecule has 0 bridgehead atoms. The Labute approximate surface area is 423 Å². The Kier molecular flexibility index (Phi) is 22.7. The Hall–Kier alpha value is -5.57. The van der Waals surface area contributed by atoms with E-state index in [0.717, 1.165) is 11.1 Å². The number of hydrogen-bond donors (Lipinski definition) is 2. The van der Waals surface area contributed by atoms with Crippen LogP contribution in [0, 0.1) is 0 Å². The number of nitrogens with zero attached hydrogens (tertiary/aromatic N) is 2. The van der Waals surface area contributed by atoms with Gasteiger partial charge in [0.25, 0.3) is 5.91 Å². The minimum Gasteiger partial charge on any atom is -0.475 e. The highest BCUT2D eigenvalue weighted by molar-refractivity contribution is 6.51. The third-order valence-corrected chi connectivity index (χ3v) is 11.3. The van der Waals surface area contributed by atoms with Crippen LogP contribution < -0.4 is 19.9 Å². The predicted octanol–water partition coefficient (Wildman–Crippen LogP) is 14.5. The number of rotatable bonds is 18. The smallest absolute Gasteiger partial charge is 0.437 e. The van der Waals surface area contributed by atoms with E-state index in [-0.39, 0.29) is 29.4 Å². The van der Waals surface area contributed by atoms with Crippen molar-refractivity contribution in [2.45, 2.75) is 162 Å². The molecule has 4 aromatic carbocycles. The number of fused-ring (bicyclic) bond motifs is 2. The molecule has 6 aromatic rings. The summed E-state index contributed by atoms with van der Waals surface area (Å²) < 4.78 is 114. The lowest BCUT2D eigenvalue weighted by atomic mass is 9.97. The van der Waals surface area contributed by atoms with Crippen LogP contribution in [0.3, 0.4) is 0 Å². The quantitative estimate of drug-likeness (QED) is 0.0481. The Bertz CT molecular complexity index is 2680. The number of aromatic nitrogens is 2. The van der Waals surface area contributed by atoms with E-state index in [9.17, 15) is 35.9 Å². The van der Waals surface area contributed by atoms with Crippen LogP contribution in [0.25, 0.3) is 21.9 Å². The summed E-state index contributed by atoms with van der Waals surface area (Å²) in [4.78, 5) is 25.1. The lowest BCUT2D eigenvalue weighted by Gasteiger charge is -2.22. The lowest BCUT2D eigenvalue weighted by Crippen LogP contribution is -2.27. The van der Waals surface area contributed by atoms with E-state index in [1.165, 1.54) is 19.2 Å². The first-order valence-electron chi connectivity index (χ1n) is 24.1. The summed E-state index contributed by atoms with van der Waals surface area (Å²) >= 11 is -0.639. The number of aryl methyl sites for hydroxylation is 4. The van der Waals surface area contributed by atoms with Crippen molar-refractivity contribution in [3.05, 3.63) is 117 Å². The van der Waals surface area contributed by atoms with Crippen LogP contribution in [-0.4, -0.2) is 43.7 Å². The Balaban J connectivity index is 0.000000349. The first kappa shape index (κ1) is 60.7. The molecular formula is C54H71AlF6N4O7. The van der Waals surface area contributed by atoms with E-state index >= 15 is 0 Å². The van der Waals surface area contributed by atoms with Crippen LogP contribution in [0.4, 0.5) is 26.3 Å². The van der Waals surface area contributed by atoms with Gasteiger partial charge >= 0.3 is 32.7 Å². The van der Waals surface area contributed by atoms with E-state index in [2.05, 4.69) is 49.6 Å². The summed E-state index contributed by atoms with van der Waals surface area (Å²) in [6.07, 6.45) is -7.14. The number of hydrogen-bond acceptors (Lipinski definition) is 10. The molecule has 6 rings (SSSR count). The molecule has 0 aliphatic rings. The molecule has 4 N–H and O–H groups in total. The highest BCUT2D eigenvalue weighted by atomic mass is 27.2. The van der Waals surface area contributed by atoms with Crippen LogP contribution >= 0.6 is 0 Å².